The lowest BCUT2D eigenvalue weighted by molar-refractivity contribution is -0.137. The highest BCUT2D eigenvalue weighted by atomic mass is 16.5. The van der Waals surface area contributed by atoms with Gasteiger partial charge < -0.3 is 29.8 Å². The Morgan fingerprint density at radius 1 is 0.860 bits per heavy atom. The van der Waals surface area contributed by atoms with E-state index in [0.717, 1.165) is 86.2 Å². The van der Waals surface area contributed by atoms with Gasteiger partial charge in [0.2, 0.25) is 17.7 Å². The molecule has 57 heavy (non-hydrogen) atoms. The summed E-state index contributed by atoms with van der Waals surface area (Å²) >= 11 is 0. The summed E-state index contributed by atoms with van der Waals surface area (Å²) in [6.07, 6.45) is 5.32. The van der Waals surface area contributed by atoms with E-state index in [1.54, 1.807) is 11.8 Å². The first-order valence-corrected chi connectivity index (χ1v) is 20.4. The number of hydrogen-bond donors (Lipinski definition) is 3. The number of nitrogens with zero attached hydrogens (tertiary/aromatic N) is 4. The van der Waals surface area contributed by atoms with E-state index >= 15 is 0 Å². The summed E-state index contributed by atoms with van der Waals surface area (Å²) in [6, 6.07) is 23.4. The lowest BCUT2D eigenvalue weighted by Gasteiger charge is -2.27. The molecule has 0 radical (unpaired) electrons. The zero-order valence-electron chi connectivity index (χ0n) is 33.7. The molecular weight excluding hydrogens is 715 g/mol. The topological polar surface area (TPSA) is 136 Å². The summed E-state index contributed by atoms with van der Waals surface area (Å²) in [5.74, 6) is 2.42. The molecule has 3 amide bonds. The lowest BCUT2D eigenvalue weighted by Crippen LogP contribution is -2.43. The molecule has 2 aromatic heterocycles. The predicted molar refractivity (Wildman–Crippen MR) is 224 cm³/mol. The SMILES string of the molecule is CCCN(Cc1ncc(-c2ccc3c(c2)COc2cc4c(ccc5[nH]c(CN(CCC)C(=O)[C@H](NC(=O)CC)c6ccccc6)nc54)cc2-3)[nH]1)C(=O)C[C@@H](C)CC. The molecule has 7 rings (SSSR count). The minimum atomic E-state index is -0.785. The van der Waals surface area contributed by atoms with Crippen molar-refractivity contribution in [2.24, 2.45) is 5.92 Å². The van der Waals surface area contributed by atoms with E-state index in [4.69, 9.17) is 9.72 Å². The van der Waals surface area contributed by atoms with Crippen molar-refractivity contribution in [3.8, 4) is 28.1 Å². The summed E-state index contributed by atoms with van der Waals surface area (Å²) in [4.78, 5) is 59.8. The zero-order valence-corrected chi connectivity index (χ0v) is 33.7. The van der Waals surface area contributed by atoms with Gasteiger partial charge in [0.1, 0.15) is 30.0 Å². The van der Waals surface area contributed by atoms with Crippen LogP contribution >= 0.6 is 0 Å². The average Bonchev–Trinajstić information content (AvgIpc) is 3.88. The van der Waals surface area contributed by atoms with Gasteiger partial charge in [0, 0.05) is 36.9 Å². The maximum absolute atomic E-state index is 14.0. The van der Waals surface area contributed by atoms with Crippen LogP contribution in [0.5, 0.6) is 5.75 Å². The predicted octanol–water partition coefficient (Wildman–Crippen LogP) is 8.85. The smallest absolute Gasteiger partial charge is 0.250 e. The van der Waals surface area contributed by atoms with Crippen LogP contribution in [-0.2, 0) is 34.1 Å². The molecule has 0 aliphatic carbocycles. The first-order valence-electron chi connectivity index (χ1n) is 20.4. The highest BCUT2D eigenvalue weighted by Crippen LogP contribution is 2.42. The molecule has 3 N–H and O–H groups in total. The number of carbonyl (C=O) groups excluding carboxylic acids is 3. The Hall–Kier alpha value is -5.97. The normalized spacial score (nSPS) is 13.1. The van der Waals surface area contributed by atoms with Crippen LogP contribution in [0, 0.1) is 5.92 Å². The number of hydrogen-bond acceptors (Lipinski definition) is 6. The van der Waals surface area contributed by atoms with Crippen molar-refractivity contribution in [3.63, 3.8) is 0 Å². The molecule has 4 aromatic carbocycles. The van der Waals surface area contributed by atoms with Crippen molar-refractivity contribution in [1.82, 2.24) is 35.1 Å². The van der Waals surface area contributed by atoms with Crippen LogP contribution in [0.1, 0.15) is 95.5 Å². The fourth-order valence-corrected chi connectivity index (χ4v) is 7.58. The van der Waals surface area contributed by atoms with Crippen LogP contribution < -0.4 is 10.1 Å². The van der Waals surface area contributed by atoms with Gasteiger partial charge in [-0.3, -0.25) is 14.4 Å². The Balaban J connectivity index is 1.12. The minimum Gasteiger partial charge on any atom is -0.488 e. The number of benzene rings is 4. The molecule has 0 saturated heterocycles. The Morgan fingerprint density at radius 3 is 2.39 bits per heavy atom. The number of aromatic amines is 2. The standard InChI is InChI=1S/C46H53N7O4/c1-6-19-52(43(55)21-29(5)8-3)26-40-47-25-38(49-40)32-15-17-34-33(22-32)28-57-39-24-35-31(23-36(34)39)16-18-37-45(35)50-41(48-37)27-53(20-7-2)46(56)44(51-42(54)9-4)30-13-11-10-12-14-30/h10-18,22-25,29,44H,6-9,19-21,26-28H2,1-5H3,(H,47,49)(H,48,50)(H,51,54)/t29-,44+/m0/s1. The zero-order chi connectivity index (χ0) is 40.1. The Morgan fingerprint density at radius 2 is 1.63 bits per heavy atom. The maximum Gasteiger partial charge on any atom is 0.250 e. The molecule has 296 valence electrons. The van der Waals surface area contributed by atoms with Crippen molar-refractivity contribution in [2.45, 2.75) is 92.5 Å². The largest absolute Gasteiger partial charge is 0.488 e. The van der Waals surface area contributed by atoms with Crippen molar-refractivity contribution < 1.29 is 19.1 Å². The Bertz CT molecular complexity index is 2380. The minimum absolute atomic E-state index is 0.171. The fourth-order valence-electron chi connectivity index (χ4n) is 7.58. The third-order valence-corrected chi connectivity index (χ3v) is 10.9. The molecule has 1 aliphatic rings. The van der Waals surface area contributed by atoms with E-state index in [-0.39, 0.29) is 30.7 Å². The van der Waals surface area contributed by atoms with E-state index in [1.165, 1.54) is 0 Å². The van der Waals surface area contributed by atoms with Gasteiger partial charge in [-0.1, -0.05) is 89.6 Å². The average molecular weight is 768 g/mol. The quantitative estimate of drug-likeness (QED) is 0.0901. The van der Waals surface area contributed by atoms with Gasteiger partial charge in [-0.2, -0.15) is 0 Å². The molecular formula is C46H53N7O4. The molecule has 0 spiro atoms. The number of carbonyl (C=O) groups is 3. The maximum atomic E-state index is 14.0. The molecule has 11 nitrogen and oxygen atoms in total. The molecule has 0 fully saturated rings. The number of ether oxygens (including phenoxy) is 1. The summed E-state index contributed by atoms with van der Waals surface area (Å²) in [5.41, 5.74) is 7.56. The molecule has 0 saturated carbocycles. The van der Waals surface area contributed by atoms with Crippen LogP contribution in [0.25, 0.3) is 44.2 Å². The molecule has 11 heteroatoms. The van der Waals surface area contributed by atoms with Gasteiger partial charge in [0.15, 0.2) is 0 Å². The molecule has 0 unspecified atom stereocenters. The van der Waals surface area contributed by atoms with Gasteiger partial charge in [-0.05, 0) is 70.7 Å². The Labute approximate surface area is 334 Å². The number of H-pyrrole nitrogens is 2. The lowest BCUT2D eigenvalue weighted by atomic mass is 9.92. The van der Waals surface area contributed by atoms with Crippen LogP contribution in [-0.4, -0.2) is 60.5 Å². The van der Waals surface area contributed by atoms with Crippen molar-refractivity contribution in [2.75, 3.05) is 13.1 Å². The number of amides is 3. The molecule has 1 aliphatic heterocycles. The first kappa shape index (κ1) is 39.3. The third kappa shape index (κ3) is 8.57. The van der Waals surface area contributed by atoms with Crippen LogP contribution in [0.2, 0.25) is 0 Å². The van der Waals surface area contributed by atoms with E-state index in [1.807, 2.05) is 54.4 Å². The summed E-state index contributed by atoms with van der Waals surface area (Å²) < 4.78 is 6.40. The van der Waals surface area contributed by atoms with Crippen molar-refractivity contribution in [1.29, 1.82) is 0 Å². The summed E-state index contributed by atoms with van der Waals surface area (Å²) in [5, 5.41) is 4.93. The second kappa shape index (κ2) is 17.4. The Kier molecular flexibility index (Phi) is 12.0. The van der Waals surface area contributed by atoms with Gasteiger partial charge in [-0.25, -0.2) is 9.97 Å². The van der Waals surface area contributed by atoms with Crippen LogP contribution in [0.15, 0.2) is 79.0 Å². The number of imidazole rings is 2. The van der Waals surface area contributed by atoms with Gasteiger partial charge in [0.25, 0.3) is 0 Å². The molecule has 6 aromatic rings. The number of rotatable bonds is 16. The van der Waals surface area contributed by atoms with Crippen LogP contribution in [0.3, 0.4) is 0 Å². The van der Waals surface area contributed by atoms with Gasteiger partial charge in [0.05, 0.1) is 36.0 Å². The highest BCUT2D eigenvalue weighted by Gasteiger charge is 2.28. The third-order valence-electron chi connectivity index (χ3n) is 10.9. The van der Waals surface area contributed by atoms with Gasteiger partial charge in [-0.15, -0.1) is 0 Å². The van der Waals surface area contributed by atoms with E-state index in [2.05, 4.69) is 77.4 Å². The summed E-state index contributed by atoms with van der Waals surface area (Å²) in [7, 11) is 0. The first-order chi connectivity index (χ1) is 27.7. The van der Waals surface area contributed by atoms with Gasteiger partial charge >= 0.3 is 0 Å². The fraction of sp³-hybridized carbons (Fsp3) is 0.370. The van der Waals surface area contributed by atoms with Crippen molar-refractivity contribution >= 4 is 39.5 Å². The second-order valence-corrected chi connectivity index (χ2v) is 15.2. The number of fused-ring (bicyclic) bond motifs is 6. The molecule has 2 atom stereocenters. The monoisotopic (exact) mass is 767 g/mol. The van der Waals surface area contributed by atoms with E-state index in [0.29, 0.717) is 44.4 Å². The summed E-state index contributed by atoms with van der Waals surface area (Å²) in [6.45, 7) is 12.5. The van der Waals surface area contributed by atoms with E-state index < -0.39 is 6.04 Å². The van der Waals surface area contributed by atoms with Crippen LogP contribution in [0.4, 0.5) is 0 Å². The van der Waals surface area contributed by atoms with E-state index in [9.17, 15) is 14.4 Å². The highest BCUT2D eigenvalue weighted by molar-refractivity contribution is 6.07. The number of nitrogens with one attached hydrogen (secondary N) is 3. The molecule has 3 heterocycles. The number of aromatic nitrogens is 4. The second-order valence-electron chi connectivity index (χ2n) is 15.2. The van der Waals surface area contributed by atoms with Crippen molar-refractivity contribution in [3.05, 3.63) is 102 Å². The molecule has 0 bridgehead atoms.